The average Bonchev–Trinajstić information content (AvgIpc) is 2.85. The van der Waals surface area contributed by atoms with Crippen LogP contribution in [0.1, 0.15) is 51.1 Å². The summed E-state index contributed by atoms with van der Waals surface area (Å²) >= 11 is 0. The van der Waals surface area contributed by atoms with Gasteiger partial charge in [0.2, 0.25) is 11.8 Å². The molecule has 2 saturated heterocycles. The van der Waals surface area contributed by atoms with E-state index in [4.69, 9.17) is 0 Å². The third kappa shape index (κ3) is 3.63. The zero-order valence-electron chi connectivity index (χ0n) is 14.8. The summed E-state index contributed by atoms with van der Waals surface area (Å²) in [4.78, 5) is 29.2. The smallest absolute Gasteiger partial charge is 0.227 e. The molecule has 24 heavy (non-hydrogen) atoms. The highest BCUT2D eigenvalue weighted by atomic mass is 16.2. The summed E-state index contributed by atoms with van der Waals surface area (Å²) in [6.45, 7) is 6.56. The second-order valence-corrected chi connectivity index (χ2v) is 7.40. The number of nitrogens with zero attached hydrogens (tertiary/aromatic N) is 2. The summed E-state index contributed by atoms with van der Waals surface area (Å²) in [5.41, 5.74) is 1.13. The molecule has 2 amide bonds. The first-order valence-electron chi connectivity index (χ1n) is 9.19. The Hall–Kier alpha value is -1.84. The third-order valence-electron chi connectivity index (χ3n) is 5.59. The van der Waals surface area contributed by atoms with Gasteiger partial charge in [-0.05, 0) is 37.7 Å². The van der Waals surface area contributed by atoms with Crippen molar-refractivity contribution in [3.63, 3.8) is 0 Å². The number of amides is 2. The predicted octanol–water partition coefficient (Wildman–Crippen LogP) is 3.24. The Morgan fingerprint density at radius 1 is 1.17 bits per heavy atom. The van der Waals surface area contributed by atoms with Gasteiger partial charge in [-0.15, -0.1) is 0 Å². The fourth-order valence-electron chi connectivity index (χ4n) is 3.92. The molecule has 0 aromatic heterocycles. The monoisotopic (exact) mass is 328 g/mol. The second-order valence-electron chi connectivity index (χ2n) is 7.40. The molecule has 1 aromatic rings. The Morgan fingerprint density at radius 2 is 1.92 bits per heavy atom. The van der Waals surface area contributed by atoms with Gasteiger partial charge in [0.15, 0.2) is 0 Å². The van der Waals surface area contributed by atoms with Crippen molar-refractivity contribution in [2.24, 2.45) is 11.8 Å². The number of hydrogen-bond acceptors (Lipinski definition) is 2. The summed E-state index contributed by atoms with van der Waals surface area (Å²) in [5, 5.41) is 0. The van der Waals surface area contributed by atoms with Gasteiger partial charge in [-0.3, -0.25) is 9.59 Å². The molecule has 3 atom stereocenters. The van der Waals surface area contributed by atoms with Crippen molar-refractivity contribution >= 4 is 11.8 Å². The Kier molecular flexibility index (Phi) is 5.22. The van der Waals surface area contributed by atoms with E-state index in [-0.39, 0.29) is 23.8 Å². The summed E-state index contributed by atoms with van der Waals surface area (Å²) in [5.74, 6) is 0.813. The molecule has 4 heteroatoms. The van der Waals surface area contributed by atoms with Gasteiger partial charge in [0.1, 0.15) is 0 Å². The molecule has 2 fully saturated rings. The fraction of sp³-hybridized carbons (Fsp3) is 0.600. The van der Waals surface area contributed by atoms with Crippen molar-refractivity contribution in [2.45, 2.75) is 45.6 Å². The van der Waals surface area contributed by atoms with E-state index in [1.807, 2.05) is 47.1 Å². The van der Waals surface area contributed by atoms with E-state index >= 15 is 0 Å². The molecular formula is C20H28N2O2. The van der Waals surface area contributed by atoms with Crippen LogP contribution in [0, 0.1) is 11.8 Å². The van der Waals surface area contributed by atoms with Gasteiger partial charge in [0.25, 0.3) is 0 Å². The van der Waals surface area contributed by atoms with Gasteiger partial charge in [-0.1, -0.05) is 37.3 Å². The summed E-state index contributed by atoms with van der Waals surface area (Å²) in [7, 11) is 0. The number of benzene rings is 1. The molecule has 0 saturated carbocycles. The molecule has 130 valence electrons. The van der Waals surface area contributed by atoms with Crippen LogP contribution >= 0.6 is 0 Å². The standard InChI is InChI=1S/C20H28N2O2/c1-15-7-6-11-21(12-10-15)20(24)18-13-19(23)22(14-18)16(2)17-8-4-3-5-9-17/h3-5,8-9,15-16,18H,6-7,10-14H2,1-2H3. The highest BCUT2D eigenvalue weighted by molar-refractivity contribution is 5.89. The first kappa shape index (κ1) is 17.0. The Bertz CT molecular complexity index is 587. The number of likely N-dealkylation sites (tertiary alicyclic amines) is 2. The molecule has 0 aliphatic carbocycles. The molecular weight excluding hydrogens is 300 g/mol. The number of hydrogen-bond donors (Lipinski definition) is 0. The number of carbonyl (C=O) groups is 2. The molecule has 3 unspecified atom stereocenters. The van der Waals surface area contributed by atoms with Crippen molar-refractivity contribution in [1.29, 1.82) is 0 Å². The lowest BCUT2D eigenvalue weighted by Gasteiger charge is -2.27. The SMILES string of the molecule is CC1CCCN(C(=O)C2CC(=O)N(C(C)c3ccccc3)C2)CC1. The lowest BCUT2D eigenvalue weighted by molar-refractivity contribution is -0.135. The van der Waals surface area contributed by atoms with Crippen molar-refractivity contribution in [1.82, 2.24) is 9.80 Å². The summed E-state index contributed by atoms with van der Waals surface area (Å²) in [6.07, 6.45) is 3.72. The Labute approximate surface area is 144 Å². The van der Waals surface area contributed by atoms with Gasteiger partial charge in [-0.25, -0.2) is 0 Å². The molecule has 0 bridgehead atoms. The molecule has 0 spiro atoms. The first-order valence-corrected chi connectivity index (χ1v) is 9.19. The van der Waals surface area contributed by atoms with E-state index < -0.39 is 0 Å². The van der Waals surface area contributed by atoms with E-state index in [9.17, 15) is 9.59 Å². The van der Waals surface area contributed by atoms with Crippen LogP contribution in [0.15, 0.2) is 30.3 Å². The second kappa shape index (κ2) is 7.37. The molecule has 2 aliphatic heterocycles. The first-order chi connectivity index (χ1) is 11.6. The highest BCUT2D eigenvalue weighted by Gasteiger charge is 2.38. The summed E-state index contributed by atoms with van der Waals surface area (Å²) < 4.78 is 0. The minimum absolute atomic E-state index is 0.0284. The average molecular weight is 328 g/mol. The maximum atomic E-state index is 12.9. The van der Waals surface area contributed by atoms with Gasteiger partial charge < -0.3 is 9.80 Å². The van der Waals surface area contributed by atoms with Gasteiger partial charge in [-0.2, -0.15) is 0 Å². The number of rotatable bonds is 3. The van der Waals surface area contributed by atoms with Crippen LogP contribution in [0.5, 0.6) is 0 Å². The van der Waals surface area contributed by atoms with Gasteiger partial charge >= 0.3 is 0 Å². The minimum atomic E-state index is -0.169. The maximum absolute atomic E-state index is 12.9. The van der Waals surface area contributed by atoms with Crippen LogP contribution in [0.4, 0.5) is 0 Å². The number of carbonyl (C=O) groups excluding carboxylic acids is 2. The van der Waals surface area contributed by atoms with Gasteiger partial charge in [0.05, 0.1) is 12.0 Å². The van der Waals surface area contributed by atoms with E-state index in [1.54, 1.807) is 0 Å². The predicted molar refractivity (Wildman–Crippen MR) is 94.3 cm³/mol. The van der Waals surface area contributed by atoms with Crippen molar-refractivity contribution < 1.29 is 9.59 Å². The van der Waals surface area contributed by atoms with Crippen LogP contribution < -0.4 is 0 Å². The molecule has 1 aromatic carbocycles. The zero-order chi connectivity index (χ0) is 17.1. The van der Waals surface area contributed by atoms with E-state index in [0.29, 0.717) is 18.9 Å². The Morgan fingerprint density at radius 3 is 2.67 bits per heavy atom. The topological polar surface area (TPSA) is 40.6 Å². The zero-order valence-corrected chi connectivity index (χ0v) is 14.8. The molecule has 2 aliphatic rings. The molecule has 0 radical (unpaired) electrons. The maximum Gasteiger partial charge on any atom is 0.227 e. The largest absolute Gasteiger partial charge is 0.342 e. The summed E-state index contributed by atoms with van der Waals surface area (Å²) in [6, 6.07) is 10.1. The normalized spacial score (nSPS) is 26.3. The van der Waals surface area contributed by atoms with E-state index in [2.05, 4.69) is 6.92 Å². The quantitative estimate of drug-likeness (QED) is 0.854. The van der Waals surface area contributed by atoms with Crippen LogP contribution in [-0.2, 0) is 9.59 Å². The molecule has 4 nitrogen and oxygen atoms in total. The van der Waals surface area contributed by atoms with E-state index in [1.165, 1.54) is 6.42 Å². The van der Waals surface area contributed by atoms with Crippen molar-refractivity contribution in [2.75, 3.05) is 19.6 Å². The van der Waals surface area contributed by atoms with Gasteiger partial charge in [0, 0.05) is 26.1 Å². The molecule has 3 rings (SSSR count). The Balaban J connectivity index is 1.64. The van der Waals surface area contributed by atoms with Crippen LogP contribution in [0.2, 0.25) is 0 Å². The van der Waals surface area contributed by atoms with Crippen molar-refractivity contribution in [3.8, 4) is 0 Å². The lowest BCUT2D eigenvalue weighted by atomic mass is 10.0. The van der Waals surface area contributed by atoms with E-state index in [0.717, 1.165) is 31.5 Å². The third-order valence-corrected chi connectivity index (χ3v) is 5.59. The molecule has 0 N–H and O–H groups in total. The van der Waals surface area contributed by atoms with Crippen LogP contribution in [-0.4, -0.2) is 41.2 Å². The van der Waals surface area contributed by atoms with Crippen LogP contribution in [0.3, 0.4) is 0 Å². The minimum Gasteiger partial charge on any atom is -0.342 e. The fourth-order valence-corrected chi connectivity index (χ4v) is 3.92. The van der Waals surface area contributed by atoms with Crippen LogP contribution in [0.25, 0.3) is 0 Å². The van der Waals surface area contributed by atoms with Crippen molar-refractivity contribution in [3.05, 3.63) is 35.9 Å². The lowest BCUT2D eigenvalue weighted by Crippen LogP contribution is -2.38. The highest BCUT2D eigenvalue weighted by Crippen LogP contribution is 2.30. The molecule has 2 heterocycles.